The summed E-state index contributed by atoms with van der Waals surface area (Å²) >= 11 is 0. The van der Waals surface area contributed by atoms with Gasteiger partial charge in [-0.25, -0.2) is 0 Å². The minimum absolute atomic E-state index is 0.482. The van der Waals surface area contributed by atoms with Crippen LogP contribution in [0.2, 0.25) is 25.7 Å². The predicted molar refractivity (Wildman–Crippen MR) is 107 cm³/mol. The smallest absolute Gasteiger partial charge is 0.132 e. The molecule has 0 N–H and O–H groups in total. The van der Waals surface area contributed by atoms with E-state index in [2.05, 4.69) is 38.6 Å². The molecule has 0 fully saturated rings. The Hall–Kier alpha value is -0.153. The largest absolute Gasteiger partial charge is 0.309 e. The minimum atomic E-state index is -0.806. The number of ketones is 1. The molecule has 138 valence electrons. The molecular formula is C20H43NOSi. The molecule has 0 aromatic carbocycles. The lowest BCUT2D eigenvalue weighted by Crippen LogP contribution is -2.18. The molecule has 0 bridgehead atoms. The number of carbonyl (C=O) groups is 1. The van der Waals surface area contributed by atoms with Crippen molar-refractivity contribution in [2.24, 2.45) is 0 Å². The van der Waals surface area contributed by atoms with Crippen LogP contribution < -0.4 is 0 Å². The van der Waals surface area contributed by atoms with E-state index in [1.54, 1.807) is 0 Å². The maximum atomic E-state index is 11.8. The first-order chi connectivity index (χ1) is 10.8. The summed E-state index contributed by atoms with van der Waals surface area (Å²) in [6, 6.07) is 1.49. The van der Waals surface area contributed by atoms with E-state index in [9.17, 15) is 4.79 Å². The Labute approximate surface area is 147 Å². The standard InChI is InChI=1S/C20H43NOSi/c1-21(2)18-14-13-17-20(22)16-12-10-8-6-7-9-11-15-19-23(3,4)5/h6-19H2,1-5H3. The lowest BCUT2D eigenvalue weighted by Gasteiger charge is -2.14. The number of carbonyl (C=O) groups excluding carboxylic acids is 1. The van der Waals surface area contributed by atoms with Gasteiger partial charge in [0.1, 0.15) is 5.78 Å². The third-order valence-corrected chi connectivity index (χ3v) is 6.30. The SMILES string of the molecule is CN(C)CCCCC(=O)CCCCCCCCCC[Si](C)(C)C. The molecule has 0 aliphatic rings. The molecule has 0 aromatic heterocycles. The molecule has 0 aromatic rings. The Balaban J connectivity index is 3.22. The van der Waals surface area contributed by atoms with Crippen molar-refractivity contribution in [3.63, 3.8) is 0 Å². The third-order valence-electron chi connectivity index (χ3n) is 4.44. The molecule has 23 heavy (non-hydrogen) atoms. The van der Waals surface area contributed by atoms with Crippen molar-refractivity contribution < 1.29 is 4.79 Å². The molecular weight excluding hydrogens is 298 g/mol. The summed E-state index contributed by atoms with van der Waals surface area (Å²) in [6.07, 6.45) is 14.5. The average Bonchev–Trinajstić information content (AvgIpc) is 2.44. The van der Waals surface area contributed by atoms with E-state index in [0.29, 0.717) is 5.78 Å². The number of rotatable bonds is 16. The maximum absolute atomic E-state index is 11.8. The van der Waals surface area contributed by atoms with Gasteiger partial charge in [0.05, 0.1) is 0 Å². The van der Waals surface area contributed by atoms with Gasteiger partial charge in [0.2, 0.25) is 0 Å². The molecule has 0 aliphatic heterocycles. The fourth-order valence-electron chi connectivity index (χ4n) is 2.91. The Morgan fingerprint density at radius 3 is 1.61 bits per heavy atom. The van der Waals surface area contributed by atoms with Crippen LogP contribution in [-0.4, -0.2) is 39.4 Å². The predicted octanol–water partition coefficient (Wildman–Crippen LogP) is 6.14. The van der Waals surface area contributed by atoms with E-state index in [1.807, 2.05) is 0 Å². The van der Waals surface area contributed by atoms with Gasteiger partial charge in [-0.2, -0.15) is 0 Å². The number of nitrogens with zero attached hydrogens (tertiary/aromatic N) is 1. The van der Waals surface area contributed by atoms with Gasteiger partial charge in [-0.15, -0.1) is 0 Å². The average molecular weight is 342 g/mol. The quantitative estimate of drug-likeness (QED) is 0.248. The molecule has 0 atom stereocenters. The van der Waals surface area contributed by atoms with E-state index in [1.165, 1.54) is 51.0 Å². The summed E-state index contributed by atoms with van der Waals surface area (Å²) < 4.78 is 0. The highest BCUT2D eigenvalue weighted by molar-refractivity contribution is 6.76. The summed E-state index contributed by atoms with van der Waals surface area (Å²) in [5, 5.41) is 0. The summed E-state index contributed by atoms with van der Waals surface area (Å²) in [6.45, 7) is 8.51. The highest BCUT2D eigenvalue weighted by Gasteiger charge is 2.11. The Bertz CT molecular complexity index is 284. The van der Waals surface area contributed by atoms with Crippen LogP contribution in [0.4, 0.5) is 0 Å². The van der Waals surface area contributed by atoms with Crippen molar-refractivity contribution >= 4 is 13.9 Å². The van der Waals surface area contributed by atoms with Crippen LogP contribution in [0.5, 0.6) is 0 Å². The second-order valence-electron chi connectivity index (χ2n) is 8.69. The van der Waals surface area contributed by atoms with Gasteiger partial charge in [0.15, 0.2) is 0 Å². The van der Waals surface area contributed by atoms with E-state index in [0.717, 1.165) is 38.6 Å². The van der Waals surface area contributed by atoms with Crippen LogP contribution in [-0.2, 0) is 4.79 Å². The zero-order chi connectivity index (χ0) is 17.6. The van der Waals surface area contributed by atoms with Crippen LogP contribution in [0, 0.1) is 0 Å². The first-order valence-corrected chi connectivity index (χ1v) is 13.7. The molecule has 0 heterocycles. The zero-order valence-electron chi connectivity index (χ0n) is 16.8. The highest BCUT2D eigenvalue weighted by atomic mass is 28.3. The van der Waals surface area contributed by atoms with Gasteiger partial charge >= 0.3 is 0 Å². The lowest BCUT2D eigenvalue weighted by atomic mass is 10.0. The van der Waals surface area contributed by atoms with Crippen LogP contribution in [0.1, 0.15) is 77.0 Å². The Morgan fingerprint density at radius 2 is 1.13 bits per heavy atom. The van der Waals surface area contributed by atoms with Crippen molar-refractivity contribution in [3.05, 3.63) is 0 Å². The van der Waals surface area contributed by atoms with Crippen LogP contribution in [0.15, 0.2) is 0 Å². The highest BCUT2D eigenvalue weighted by Crippen LogP contribution is 2.16. The minimum Gasteiger partial charge on any atom is -0.309 e. The summed E-state index contributed by atoms with van der Waals surface area (Å²) in [5.74, 6) is 0.482. The van der Waals surface area contributed by atoms with Gasteiger partial charge in [-0.3, -0.25) is 4.79 Å². The molecule has 0 radical (unpaired) electrons. The van der Waals surface area contributed by atoms with E-state index >= 15 is 0 Å². The molecule has 0 amide bonds. The fraction of sp³-hybridized carbons (Fsp3) is 0.950. The van der Waals surface area contributed by atoms with Crippen molar-refractivity contribution in [3.8, 4) is 0 Å². The van der Waals surface area contributed by atoms with Crippen LogP contribution in [0.25, 0.3) is 0 Å². The molecule has 0 rings (SSSR count). The lowest BCUT2D eigenvalue weighted by molar-refractivity contribution is -0.119. The Kier molecular flexibility index (Phi) is 14.1. The van der Waals surface area contributed by atoms with Crippen molar-refractivity contribution in [1.82, 2.24) is 4.90 Å². The first kappa shape index (κ1) is 22.8. The monoisotopic (exact) mass is 341 g/mol. The topological polar surface area (TPSA) is 20.3 Å². The molecule has 0 spiro atoms. The van der Waals surface area contributed by atoms with Gasteiger partial charge in [0, 0.05) is 20.9 Å². The van der Waals surface area contributed by atoms with Crippen molar-refractivity contribution in [1.29, 1.82) is 0 Å². The zero-order valence-corrected chi connectivity index (χ0v) is 17.8. The molecule has 2 nitrogen and oxygen atoms in total. The van der Waals surface area contributed by atoms with Crippen LogP contribution in [0.3, 0.4) is 0 Å². The maximum Gasteiger partial charge on any atom is 0.132 e. The number of Topliss-reactive ketones (excluding diaryl/α,β-unsaturated/α-hetero) is 1. The fourth-order valence-corrected chi connectivity index (χ4v) is 4.22. The van der Waals surface area contributed by atoms with Gasteiger partial charge in [-0.05, 0) is 39.9 Å². The van der Waals surface area contributed by atoms with Gasteiger partial charge in [0.25, 0.3) is 0 Å². The van der Waals surface area contributed by atoms with E-state index in [-0.39, 0.29) is 0 Å². The Morgan fingerprint density at radius 1 is 0.696 bits per heavy atom. The first-order valence-electron chi connectivity index (χ1n) is 9.98. The number of hydrogen-bond donors (Lipinski definition) is 0. The van der Waals surface area contributed by atoms with E-state index < -0.39 is 8.07 Å². The number of unbranched alkanes of at least 4 members (excludes halogenated alkanes) is 8. The summed E-state index contributed by atoms with van der Waals surface area (Å²) in [4.78, 5) is 14.0. The molecule has 0 saturated heterocycles. The second-order valence-corrected chi connectivity index (χ2v) is 14.3. The number of hydrogen-bond acceptors (Lipinski definition) is 2. The summed E-state index contributed by atoms with van der Waals surface area (Å²) in [5.41, 5.74) is 0. The van der Waals surface area contributed by atoms with E-state index in [4.69, 9.17) is 0 Å². The van der Waals surface area contributed by atoms with Crippen molar-refractivity contribution in [2.45, 2.75) is 103 Å². The normalized spacial score (nSPS) is 12.1. The van der Waals surface area contributed by atoms with Gasteiger partial charge < -0.3 is 4.90 Å². The second kappa shape index (κ2) is 14.2. The molecule has 0 unspecified atom stereocenters. The third kappa shape index (κ3) is 19.8. The van der Waals surface area contributed by atoms with Crippen LogP contribution >= 0.6 is 0 Å². The molecule has 0 saturated carbocycles. The summed E-state index contributed by atoms with van der Waals surface area (Å²) in [7, 11) is 3.38. The van der Waals surface area contributed by atoms with Gasteiger partial charge in [-0.1, -0.05) is 70.6 Å². The molecule has 0 aliphatic carbocycles. The molecule has 3 heteroatoms. The van der Waals surface area contributed by atoms with Crippen molar-refractivity contribution in [2.75, 3.05) is 20.6 Å².